The van der Waals surface area contributed by atoms with E-state index < -0.39 is 43.4 Å². The lowest BCUT2D eigenvalue weighted by Gasteiger charge is -2.39. The molecular formula is C7H14O7. The van der Waals surface area contributed by atoms with Crippen molar-refractivity contribution in [1.29, 1.82) is 0 Å². The summed E-state index contributed by atoms with van der Waals surface area (Å²) in [5, 5.41) is 54.3. The highest BCUT2D eigenvalue weighted by atomic mass is 16.6. The van der Waals surface area contributed by atoms with Gasteiger partial charge in [-0.3, -0.25) is 0 Å². The van der Waals surface area contributed by atoms with Crippen LogP contribution in [0.25, 0.3) is 0 Å². The first kappa shape index (κ1) is 11.8. The molecule has 0 saturated carbocycles. The zero-order chi connectivity index (χ0) is 10.9. The van der Waals surface area contributed by atoms with Crippen molar-refractivity contribution in [3.05, 3.63) is 0 Å². The van der Waals surface area contributed by atoms with Gasteiger partial charge in [0.1, 0.15) is 30.5 Å². The lowest BCUT2D eigenvalue weighted by molar-refractivity contribution is -0.298. The number of aliphatic hydroxyl groups is 6. The molecule has 84 valence electrons. The summed E-state index contributed by atoms with van der Waals surface area (Å²) in [6.45, 7) is -0.683. The van der Waals surface area contributed by atoms with Gasteiger partial charge in [-0.15, -0.1) is 0 Å². The lowest BCUT2D eigenvalue weighted by Crippen LogP contribution is -2.61. The van der Waals surface area contributed by atoms with Crippen molar-refractivity contribution in [1.82, 2.24) is 0 Å². The number of aliphatic hydroxyl groups excluding tert-OH is 6. The van der Waals surface area contributed by atoms with Crippen LogP contribution in [0.15, 0.2) is 0 Å². The summed E-state index contributed by atoms with van der Waals surface area (Å²) in [4.78, 5) is 0. The smallest absolute Gasteiger partial charge is 0.184 e. The second-order valence-electron chi connectivity index (χ2n) is 3.21. The Morgan fingerprint density at radius 1 is 1.00 bits per heavy atom. The van der Waals surface area contributed by atoms with Gasteiger partial charge in [0, 0.05) is 0 Å². The number of rotatable bonds is 2. The van der Waals surface area contributed by atoms with Crippen LogP contribution in [0.5, 0.6) is 0 Å². The molecule has 1 rings (SSSR count). The summed E-state index contributed by atoms with van der Waals surface area (Å²) in [6, 6.07) is 0. The molecule has 1 aliphatic heterocycles. The number of hydrogen-bond donors (Lipinski definition) is 6. The lowest BCUT2D eigenvalue weighted by atomic mass is 9.96. The van der Waals surface area contributed by atoms with Gasteiger partial charge < -0.3 is 35.4 Å². The van der Waals surface area contributed by atoms with Crippen molar-refractivity contribution in [3.8, 4) is 0 Å². The largest absolute Gasteiger partial charge is 0.394 e. The molecule has 6 atom stereocenters. The highest BCUT2D eigenvalue weighted by Gasteiger charge is 2.45. The second-order valence-corrected chi connectivity index (χ2v) is 3.21. The van der Waals surface area contributed by atoms with Crippen molar-refractivity contribution in [2.24, 2.45) is 0 Å². The molecular weight excluding hydrogens is 196 g/mol. The van der Waals surface area contributed by atoms with Gasteiger partial charge in [-0.05, 0) is 0 Å². The average molecular weight is 210 g/mol. The van der Waals surface area contributed by atoms with Gasteiger partial charge in [0.05, 0.1) is 6.61 Å². The molecule has 0 bridgehead atoms. The van der Waals surface area contributed by atoms with Crippen molar-refractivity contribution in [2.45, 2.75) is 36.8 Å². The monoisotopic (exact) mass is 210 g/mol. The predicted octanol–water partition coefficient (Wildman–Crippen LogP) is -3.86. The molecule has 6 N–H and O–H groups in total. The van der Waals surface area contributed by atoms with E-state index in [4.69, 9.17) is 20.4 Å². The molecule has 1 heterocycles. The Morgan fingerprint density at radius 3 is 2.07 bits per heavy atom. The SMILES string of the molecule is OC[C@H](O)[C@@H]1O[C@@H](O)[C@@H](O)[C@H](O)[C@H]1O. The van der Waals surface area contributed by atoms with Crippen LogP contribution in [0.3, 0.4) is 0 Å². The Hall–Kier alpha value is -0.280. The van der Waals surface area contributed by atoms with Crippen LogP contribution in [0.1, 0.15) is 0 Å². The van der Waals surface area contributed by atoms with E-state index in [9.17, 15) is 10.2 Å². The molecule has 0 spiro atoms. The maximum absolute atomic E-state index is 9.31. The van der Waals surface area contributed by atoms with E-state index in [1.165, 1.54) is 0 Å². The third-order valence-electron chi connectivity index (χ3n) is 2.19. The molecule has 1 saturated heterocycles. The molecule has 0 aromatic heterocycles. The van der Waals surface area contributed by atoms with E-state index in [0.717, 1.165) is 0 Å². The second kappa shape index (κ2) is 4.49. The fourth-order valence-electron chi connectivity index (χ4n) is 1.31. The van der Waals surface area contributed by atoms with Crippen LogP contribution >= 0.6 is 0 Å². The van der Waals surface area contributed by atoms with Gasteiger partial charge in [0.2, 0.25) is 0 Å². The van der Waals surface area contributed by atoms with Gasteiger partial charge >= 0.3 is 0 Å². The molecule has 0 aliphatic carbocycles. The number of hydrogen-bond acceptors (Lipinski definition) is 7. The third-order valence-corrected chi connectivity index (χ3v) is 2.19. The summed E-state index contributed by atoms with van der Waals surface area (Å²) in [6.07, 6.45) is -9.26. The third kappa shape index (κ3) is 2.04. The maximum atomic E-state index is 9.31. The van der Waals surface area contributed by atoms with Crippen LogP contribution in [0.4, 0.5) is 0 Å². The average Bonchev–Trinajstić information content (AvgIpc) is 2.19. The van der Waals surface area contributed by atoms with E-state index in [2.05, 4.69) is 4.74 Å². The molecule has 0 aromatic carbocycles. The zero-order valence-corrected chi connectivity index (χ0v) is 7.26. The summed E-state index contributed by atoms with van der Waals surface area (Å²) in [5.41, 5.74) is 0. The fraction of sp³-hybridized carbons (Fsp3) is 1.00. The maximum Gasteiger partial charge on any atom is 0.184 e. The standard InChI is InChI=1S/C7H14O7/c8-1-2(9)6-4(11)3(10)5(12)7(13)14-6/h2-13H,1H2/t2-,3+,4+,5-,6-,7+/m0/s1. The molecule has 1 aliphatic rings. The summed E-state index contributed by atoms with van der Waals surface area (Å²) >= 11 is 0. The van der Waals surface area contributed by atoms with Crippen molar-refractivity contribution >= 4 is 0 Å². The summed E-state index contributed by atoms with van der Waals surface area (Å²) < 4.78 is 4.62. The first-order chi connectivity index (χ1) is 6.49. The molecule has 0 unspecified atom stereocenters. The van der Waals surface area contributed by atoms with Crippen LogP contribution < -0.4 is 0 Å². The Bertz CT molecular complexity index is 187. The quantitative estimate of drug-likeness (QED) is 0.275. The molecule has 0 aromatic rings. The molecule has 7 heteroatoms. The van der Waals surface area contributed by atoms with Gasteiger partial charge in [-0.2, -0.15) is 0 Å². The zero-order valence-electron chi connectivity index (χ0n) is 7.26. The predicted molar refractivity (Wildman–Crippen MR) is 42.0 cm³/mol. The van der Waals surface area contributed by atoms with Gasteiger partial charge in [0.15, 0.2) is 6.29 Å². The first-order valence-electron chi connectivity index (χ1n) is 4.15. The Morgan fingerprint density at radius 2 is 1.57 bits per heavy atom. The Kier molecular flexibility index (Phi) is 3.78. The first-order valence-corrected chi connectivity index (χ1v) is 4.15. The van der Waals surface area contributed by atoms with Crippen molar-refractivity contribution in [3.63, 3.8) is 0 Å². The van der Waals surface area contributed by atoms with Gasteiger partial charge in [0.25, 0.3) is 0 Å². The van der Waals surface area contributed by atoms with Crippen molar-refractivity contribution < 1.29 is 35.4 Å². The minimum absolute atomic E-state index is 0.683. The Balaban J connectivity index is 2.70. The number of ether oxygens (including phenoxy) is 1. The summed E-state index contributed by atoms with van der Waals surface area (Å²) in [7, 11) is 0. The highest BCUT2D eigenvalue weighted by Crippen LogP contribution is 2.21. The summed E-state index contributed by atoms with van der Waals surface area (Å²) in [5.74, 6) is 0. The van der Waals surface area contributed by atoms with Crippen LogP contribution in [-0.4, -0.2) is 74.1 Å². The van der Waals surface area contributed by atoms with E-state index in [-0.39, 0.29) is 0 Å². The molecule has 0 radical (unpaired) electrons. The molecule has 1 fully saturated rings. The van der Waals surface area contributed by atoms with Crippen LogP contribution in [0.2, 0.25) is 0 Å². The normalized spacial score (nSPS) is 46.3. The highest BCUT2D eigenvalue weighted by molar-refractivity contribution is 4.91. The van der Waals surface area contributed by atoms with E-state index in [1.54, 1.807) is 0 Å². The van der Waals surface area contributed by atoms with E-state index in [0.29, 0.717) is 0 Å². The topological polar surface area (TPSA) is 131 Å². The van der Waals surface area contributed by atoms with Crippen molar-refractivity contribution in [2.75, 3.05) is 6.61 Å². The van der Waals surface area contributed by atoms with E-state index >= 15 is 0 Å². The Labute approximate surface area is 79.8 Å². The van der Waals surface area contributed by atoms with E-state index in [1.807, 2.05) is 0 Å². The minimum atomic E-state index is -1.69. The molecule has 14 heavy (non-hydrogen) atoms. The van der Waals surface area contributed by atoms with Crippen LogP contribution in [0, 0.1) is 0 Å². The van der Waals surface area contributed by atoms with Crippen LogP contribution in [-0.2, 0) is 4.74 Å². The van der Waals surface area contributed by atoms with Gasteiger partial charge in [-0.25, -0.2) is 0 Å². The minimum Gasteiger partial charge on any atom is -0.394 e. The fourth-order valence-corrected chi connectivity index (χ4v) is 1.31. The molecule has 0 amide bonds. The van der Waals surface area contributed by atoms with Gasteiger partial charge in [-0.1, -0.05) is 0 Å². The molecule has 7 nitrogen and oxygen atoms in total.